The molecule has 0 radical (unpaired) electrons. The van der Waals surface area contributed by atoms with Crippen LogP contribution in [0.1, 0.15) is 59.8 Å². The highest BCUT2D eigenvalue weighted by molar-refractivity contribution is 5.84. The van der Waals surface area contributed by atoms with Crippen LogP contribution in [-0.2, 0) is 4.79 Å². The van der Waals surface area contributed by atoms with Crippen molar-refractivity contribution in [3.8, 4) is 0 Å². The second kappa shape index (κ2) is 6.25. The van der Waals surface area contributed by atoms with Gasteiger partial charge >= 0.3 is 0 Å². The Balaban J connectivity index is 1.93. The van der Waals surface area contributed by atoms with Gasteiger partial charge in [0, 0.05) is 6.54 Å². The van der Waals surface area contributed by atoms with Crippen LogP contribution in [0.3, 0.4) is 0 Å². The van der Waals surface area contributed by atoms with Gasteiger partial charge in [0.25, 0.3) is 0 Å². The fraction of sp³-hybridized carbons (Fsp3) is 0.938. The predicted molar refractivity (Wildman–Crippen MR) is 78.7 cm³/mol. The third kappa shape index (κ3) is 3.50. The van der Waals surface area contributed by atoms with E-state index in [9.17, 15) is 4.79 Å². The fourth-order valence-corrected chi connectivity index (χ4v) is 3.25. The Hall–Kier alpha value is -0.570. The first-order valence-corrected chi connectivity index (χ1v) is 8.05. The molecule has 2 rings (SSSR count). The topological polar surface area (TPSA) is 32.3 Å². The Morgan fingerprint density at radius 1 is 1.26 bits per heavy atom. The maximum atomic E-state index is 12.5. The summed E-state index contributed by atoms with van der Waals surface area (Å²) in [6.45, 7) is 9.75. The van der Waals surface area contributed by atoms with Gasteiger partial charge in [-0.25, -0.2) is 0 Å². The van der Waals surface area contributed by atoms with E-state index < -0.39 is 0 Å². The summed E-state index contributed by atoms with van der Waals surface area (Å²) >= 11 is 0. The van der Waals surface area contributed by atoms with E-state index in [-0.39, 0.29) is 12.2 Å². The summed E-state index contributed by atoms with van der Waals surface area (Å²) in [7, 11) is 0. The van der Waals surface area contributed by atoms with E-state index in [0.29, 0.717) is 17.7 Å². The van der Waals surface area contributed by atoms with Crippen molar-refractivity contribution in [2.24, 2.45) is 17.8 Å². The van der Waals surface area contributed by atoms with E-state index >= 15 is 0 Å². The average molecular weight is 266 g/mol. The largest absolute Gasteiger partial charge is 0.326 e. The van der Waals surface area contributed by atoms with Gasteiger partial charge in [-0.3, -0.25) is 10.1 Å². The molecule has 2 aliphatic rings. The number of nitrogens with zero attached hydrogens (tertiary/aromatic N) is 1. The molecule has 2 fully saturated rings. The maximum Gasteiger partial charge on any atom is 0.241 e. The molecule has 3 heteroatoms. The smallest absolute Gasteiger partial charge is 0.241 e. The first-order valence-electron chi connectivity index (χ1n) is 8.05. The van der Waals surface area contributed by atoms with E-state index in [0.717, 1.165) is 18.9 Å². The molecule has 1 heterocycles. The Morgan fingerprint density at radius 3 is 2.42 bits per heavy atom. The van der Waals surface area contributed by atoms with Crippen LogP contribution in [0, 0.1) is 17.8 Å². The van der Waals surface area contributed by atoms with Crippen LogP contribution < -0.4 is 5.32 Å². The molecular formula is C16H30N2O. The molecule has 0 aromatic heterocycles. The van der Waals surface area contributed by atoms with E-state index in [1.165, 1.54) is 25.7 Å². The maximum absolute atomic E-state index is 12.5. The minimum Gasteiger partial charge on any atom is -0.326 e. The van der Waals surface area contributed by atoms with Gasteiger partial charge < -0.3 is 4.90 Å². The standard InChI is InChI=1S/C16H30N2O/c1-11(2)10-14-16(19)18(15(17-14)12(3)4)9-8-13-6-5-7-13/h11-15,17H,5-10H2,1-4H3. The molecule has 3 nitrogen and oxygen atoms in total. The lowest BCUT2D eigenvalue weighted by Crippen LogP contribution is -2.42. The van der Waals surface area contributed by atoms with Crippen molar-refractivity contribution in [1.29, 1.82) is 0 Å². The van der Waals surface area contributed by atoms with Crippen molar-refractivity contribution in [1.82, 2.24) is 10.2 Å². The highest BCUT2D eigenvalue weighted by atomic mass is 16.2. The molecule has 1 amide bonds. The first-order chi connectivity index (χ1) is 8.99. The van der Waals surface area contributed by atoms with Gasteiger partial charge in [0.1, 0.15) is 0 Å². The number of nitrogens with one attached hydrogen (secondary N) is 1. The van der Waals surface area contributed by atoms with Crippen molar-refractivity contribution < 1.29 is 4.79 Å². The lowest BCUT2D eigenvalue weighted by molar-refractivity contribution is -0.131. The van der Waals surface area contributed by atoms with Crippen molar-refractivity contribution in [3.63, 3.8) is 0 Å². The highest BCUT2D eigenvalue weighted by Crippen LogP contribution is 2.31. The molecule has 0 aromatic rings. The fourth-order valence-electron chi connectivity index (χ4n) is 3.25. The van der Waals surface area contributed by atoms with Gasteiger partial charge in [0.15, 0.2) is 0 Å². The predicted octanol–water partition coefficient (Wildman–Crippen LogP) is 3.01. The summed E-state index contributed by atoms with van der Waals surface area (Å²) in [4.78, 5) is 14.7. The summed E-state index contributed by atoms with van der Waals surface area (Å²) in [6, 6.07) is 0.0498. The van der Waals surface area contributed by atoms with Crippen LogP contribution in [0.2, 0.25) is 0 Å². The van der Waals surface area contributed by atoms with Crippen LogP contribution in [0.25, 0.3) is 0 Å². The summed E-state index contributed by atoms with van der Waals surface area (Å²) in [6.07, 6.45) is 6.54. The SMILES string of the molecule is CC(C)CC1NC(C(C)C)N(CCC2CCC2)C1=O. The molecule has 2 unspecified atom stereocenters. The molecule has 1 aliphatic carbocycles. The van der Waals surface area contributed by atoms with Crippen LogP contribution in [0.15, 0.2) is 0 Å². The molecule has 1 saturated carbocycles. The molecular weight excluding hydrogens is 236 g/mol. The molecule has 19 heavy (non-hydrogen) atoms. The van der Waals surface area contributed by atoms with Gasteiger partial charge in [-0.15, -0.1) is 0 Å². The minimum absolute atomic E-state index is 0.0498. The summed E-state index contributed by atoms with van der Waals surface area (Å²) in [5.41, 5.74) is 0. The lowest BCUT2D eigenvalue weighted by atomic mass is 9.83. The van der Waals surface area contributed by atoms with Gasteiger partial charge in [0.05, 0.1) is 12.2 Å². The normalized spacial score (nSPS) is 28.5. The summed E-state index contributed by atoms with van der Waals surface area (Å²) in [5.74, 6) is 2.28. The Labute approximate surface area is 118 Å². The van der Waals surface area contributed by atoms with Crippen LogP contribution in [-0.4, -0.2) is 29.6 Å². The van der Waals surface area contributed by atoms with Gasteiger partial charge in [-0.05, 0) is 30.6 Å². The zero-order valence-corrected chi connectivity index (χ0v) is 13.0. The molecule has 0 spiro atoms. The molecule has 1 N–H and O–H groups in total. The number of amides is 1. The molecule has 1 aliphatic heterocycles. The van der Waals surface area contributed by atoms with Crippen molar-refractivity contribution in [2.45, 2.75) is 72.0 Å². The number of carbonyl (C=O) groups is 1. The zero-order chi connectivity index (χ0) is 14.0. The quantitative estimate of drug-likeness (QED) is 0.801. The summed E-state index contributed by atoms with van der Waals surface area (Å²) < 4.78 is 0. The van der Waals surface area contributed by atoms with Gasteiger partial charge in [-0.2, -0.15) is 0 Å². The van der Waals surface area contributed by atoms with Gasteiger partial charge in [0.2, 0.25) is 5.91 Å². The number of rotatable bonds is 6. The second-order valence-electron chi connectivity index (χ2n) is 7.15. The molecule has 110 valence electrons. The molecule has 0 aromatic carbocycles. The Morgan fingerprint density at radius 2 is 1.95 bits per heavy atom. The van der Waals surface area contributed by atoms with Gasteiger partial charge in [-0.1, -0.05) is 47.0 Å². The minimum atomic E-state index is 0.0498. The van der Waals surface area contributed by atoms with Crippen molar-refractivity contribution in [2.75, 3.05) is 6.54 Å². The Bertz CT molecular complexity index is 310. The Kier molecular flexibility index (Phi) is 4.88. The average Bonchev–Trinajstić information content (AvgIpc) is 2.55. The number of hydrogen-bond donors (Lipinski definition) is 1. The molecule has 2 atom stereocenters. The number of carbonyl (C=O) groups excluding carboxylic acids is 1. The monoisotopic (exact) mass is 266 g/mol. The first kappa shape index (κ1) is 14.8. The highest BCUT2D eigenvalue weighted by Gasteiger charge is 2.40. The van der Waals surface area contributed by atoms with E-state index in [1.54, 1.807) is 0 Å². The molecule has 0 bridgehead atoms. The lowest BCUT2D eigenvalue weighted by Gasteiger charge is -2.31. The van der Waals surface area contributed by atoms with Crippen LogP contribution >= 0.6 is 0 Å². The summed E-state index contributed by atoms with van der Waals surface area (Å²) in [5, 5.41) is 3.56. The van der Waals surface area contributed by atoms with E-state index in [1.807, 2.05) is 0 Å². The zero-order valence-electron chi connectivity index (χ0n) is 13.0. The van der Waals surface area contributed by atoms with Crippen molar-refractivity contribution >= 4 is 5.91 Å². The van der Waals surface area contributed by atoms with Crippen LogP contribution in [0.5, 0.6) is 0 Å². The van der Waals surface area contributed by atoms with Crippen LogP contribution in [0.4, 0.5) is 0 Å². The van der Waals surface area contributed by atoms with Crippen molar-refractivity contribution in [3.05, 3.63) is 0 Å². The second-order valence-corrected chi connectivity index (χ2v) is 7.15. The molecule has 1 saturated heterocycles. The third-order valence-electron chi connectivity index (χ3n) is 4.63. The van der Waals surface area contributed by atoms with E-state index in [4.69, 9.17) is 0 Å². The third-order valence-corrected chi connectivity index (χ3v) is 4.63. The van der Waals surface area contributed by atoms with E-state index in [2.05, 4.69) is 37.9 Å². The number of hydrogen-bond acceptors (Lipinski definition) is 2.